The molecule has 12 heteroatoms. The summed E-state index contributed by atoms with van der Waals surface area (Å²) in [7, 11) is 0. The number of carbonyl (C=O) groups excluding carboxylic acids is 2. The highest BCUT2D eigenvalue weighted by Crippen LogP contribution is 2.40. The molecule has 0 radical (unpaired) electrons. The number of hydrogen-bond donors (Lipinski definition) is 1. The highest BCUT2D eigenvalue weighted by molar-refractivity contribution is 8.00. The number of fused-ring (bicyclic) bond motifs is 3. The molecule has 11 nitrogen and oxygen atoms in total. The van der Waals surface area contributed by atoms with Gasteiger partial charge in [0.05, 0.1) is 16.2 Å². The summed E-state index contributed by atoms with van der Waals surface area (Å²) < 4.78 is 1.61. The molecule has 32 heavy (non-hydrogen) atoms. The molecule has 2 aromatic carbocycles. The fourth-order valence-electron chi connectivity index (χ4n) is 3.61. The first kappa shape index (κ1) is 19.9. The number of non-ortho nitro benzene ring substituents is 1. The van der Waals surface area contributed by atoms with E-state index in [0.29, 0.717) is 11.2 Å². The third kappa shape index (κ3) is 3.30. The topological polar surface area (TPSA) is 136 Å². The summed E-state index contributed by atoms with van der Waals surface area (Å²) in [6, 6.07) is 13.0. The van der Waals surface area contributed by atoms with Gasteiger partial charge in [-0.25, -0.2) is 5.01 Å². The number of hydrazine groups is 1. The molecule has 1 N–H and O–H groups in total. The Morgan fingerprint density at radius 1 is 1.22 bits per heavy atom. The maximum atomic E-state index is 12.7. The van der Waals surface area contributed by atoms with Crippen molar-refractivity contribution in [2.45, 2.75) is 12.3 Å². The number of rotatable bonds is 4. The number of amides is 2. The molecule has 5 rings (SSSR count). The van der Waals surface area contributed by atoms with Crippen LogP contribution in [0, 0.1) is 17.0 Å². The number of nitro benzene ring substituents is 1. The molecule has 0 bridgehead atoms. The van der Waals surface area contributed by atoms with E-state index in [2.05, 4.69) is 21.0 Å². The zero-order valence-electron chi connectivity index (χ0n) is 16.6. The minimum atomic E-state index is -0.548. The second-order valence-electron chi connectivity index (χ2n) is 7.25. The molecule has 4 aromatic rings. The minimum absolute atomic E-state index is 0.125. The molecular weight excluding hydrogens is 434 g/mol. The van der Waals surface area contributed by atoms with Crippen LogP contribution in [-0.4, -0.2) is 47.5 Å². The third-order valence-electron chi connectivity index (χ3n) is 5.15. The van der Waals surface area contributed by atoms with Gasteiger partial charge in [0.25, 0.3) is 17.5 Å². The van der Waals surface area contributed by atoms with Crippen LogP contribution < -0.4 is 5.43 Å². The number of nitrogens with one attached hydrogen (secondary N) is 1. The summed E-state index contributed by atoms with van der Waals surface area (Å²) in [5.74, 6) is -0.650. The lowest BCUT2D eigenvalue weighted by molar-refractivity contribution is -0.384. The lowest BCUT2D eigenvalue weighted by Crippen LogP contribution is -2.44. The van der Waals surface area contributed by atoms with Crippen molar-refractivity contribution in [2.24, 2.45) is 0 Å². The maximum Gasteiger partial charge on any atom is 0.269 e. The number of carbonyl (C=O) groups is 2. The molecular formula is C20H15N7O4S. The lowest BCUT2D eigenvalue weighted by atomic mass is 10.1. The second kappa shape index (κ2) is 7.57. The molecule has 0 saturated carbocycles. The summed E-state index contributed by atoms with van der Waals surface area (Å²) in [5, 5.41) is 24.5. The first-order valence-corrected chi connectivity index (χ1v) is 10.6. The summed E-state index contributed by atoms with van der Waals surface area (Å²) in [6.45, 7) is 1.98. The number of aryl methyl sites for hydroxylation is 1. The SMILES string of the molecule is Cc1ccc2c(c1)cc(C1SCC(=O)N1NC(=O)c1ccc([N+](=O)[O-])cc1)c1nnnn12. The van der Waals surface area contributed by atoms with E-state index in [9.17, 15) is 19.7 Å². The smallest absolute Gasteiger partial charge is 0.269 e. The molecule has 0 spiro atoms. The van der Waals surface area contributed by atoms with E-state index in [4.69, 9.17) is 0 Å². The molecule has 160 valence electrons. The van der Waals surface area contributed by atoms with Gasteiger partial charge in [-0.1, -0.05) is 11.6 Å². The average molecular weight is 449 g/mol. The van der Waals surface area contributed by atoms with Crippen LogP contribution in [0.4, 0.5) is 5.69 Å². The number of nitrogens with zero attached hydrogens (tertiary/aromatic N) is 6. The van der Waals surface area contributed by atoms with E-state index in [-0.39, 0.29) is 22.9 Å². The van der Waals surface area contributed by atoms with Gasteiger partial charge in [-0.2, -0.15) is 4.52 Å². The summed E-state index contributed by atoms with van der Waals surface area (Å²) in [6.07, 6.45) is 0. The predicted molar refractivity (Wildman–Crippen MR) is 116 cm³/mol. The number of aromatic nitrogens is 4. The van der Waals surface area contributed by atoms with Crippen LogP contribution in [-0.2, 0) is 4.79 Å². The maximum absolute atomic E-state index is 12.7. The number of benzene rings is 2. The Labute approximate surface area is 184 Å². The van der Waals surface area contributed by atoms with Crippen molar-refractivity contribution in [3.63, 3.8) is 0 Å². The average Bonchev–Trinajstić information content (AvgIpc) is 3.41. The first-order chi connectivity index (χ1) is 15.4. The van der Waals surface area contributed by atoms with Crippen molar-refractivity contribution < 1.29 is 14.5 Å². The van der Waals surface area contributed by atoms with Crippen LogP contribution in [0.1, 0.15) is 26.9 Å². The largest absolute Gasteiger partial charge is 0.272 e. The summed E-state index contributed by atoms with van der Waals surface area (Å²) in [4.78, 5) is 35.6. The van der Waals surface area contributed by atoms with Crippen molar-refractivity contribution >= 4 is 45.8 Å². The molecule has 1 saturated heterocycles. The van der Waals surface area contributed by atoms with Crippen molar-refractivity contribution in [3.05, 3.63) is 75.3 Å². The Hall–Kier alpha value is -4.06. The minimum Gasteiger partial charge on any atom is -0.272 e. The van der Waals surface area contributed by atoms with Gasteiger partial charge >= 0.3 is 0 Å². The van der Waals surface area contributed by atoms with Gasteiger partial charge in [-0.15, -0.1) is 16.9 Å². The van der Waals surface area contributed by atoms with E-state index in [1.54, 1.807) is 4.52 Å². The van der Waals surface area contributed by atoms with Crippen LogP contribution >= 0.6 is 11.8 Å². The fraction of sp³-hybridized carbons (Fsp3) is 0.150. The normalized spacial score (nSPS) is 16.1. The number of hydrogen-bond acceptors (Lipinski definition) is 8. The van der Waals surface area contributed by atoms with E-state index >= 15 is 0 Å². The Kier molecular flexibility index (Phi) is 4.70. The Morgan fingerprint density at radius 3 is 2.75 bits per heavy atom. The Balaban J connectivity index is 1.51. The third-order valence-corrected chi connectivity index (χ3v) is 6.34. The zero-order chi connectivity index (χ0) is 22.4. The fourth-order valence-corrected chi connectivity index (χ4v) is 4.72. The van der Waals surface area contributed by atoms with E-state index in [0.717, 1.165) is 16.5 Å². The van der Waals surface area contributed by atoms with Gasteiger partial charge in [0.1, 0.15) is 5.37 Å². The summed E-state index contributed by atoms with van der Waals surface area (Å²) >= 11 is 1.35. The molecule has 3 heterocycles. The molecule has 2 aromatic heterocycles. The van der Waals surface area contributed by atoms with Gasteiger partial charge in [-0.05, 0) is 47.7 Å². The van der Waals surface area contributed by atoms with Crippen LogP contribution in [0.15, 0.2) is 48.5 Å². The van der Waals surface area contributed by atoms with Crippen LogP contribution in [0.3, 0.4) is 0 Å². The first-order valence-electron chi connectivity index (χ1n) is 9.53. The van der Waals surface area contributed by atoms with Crippen molar-refractivity contribution in [1.29, 1.82) is 0 Å². The molecule has 1 fully saturated rings. The molecule has 2 amide bonds. The van der Waals surface area contributed by atoms with E-state index in [1.807, 2.05) is 31.2 Å². The standard InChI is InChI=1S/C20H15N7O4S/c1-11-2-7-16-13(8-11)9-15(18-21-23-24-25(16)18)20-26(17(28)10-32-20)22-19(29)12-3-5-14(6-4-12)27(30)31/h2-9,20H,10H2,1H3,(H,22,29). The van der Waals surface area contributed by atoms with E-state index < -0.39 is 16.2 Å². The highest BCUT2D eigenvalue weighted by Gasteiger charge is 2.36. The monoisotopic (exact) mass is 449 g/mol. The van der Waals surface area contributed by atoms with Gasteiger partial charge in [-0.3, -0.25) is 25.1 Å². The van der Waals surface area contributed by atoms with Gasteiger partial charge in [0.15, 0.2) is 5.65 Å². The van der Waals surface area contributed by atoms with E-state index in [1.165, 1.54) is 41.0 Å². The van der Waals surface area contributed by atoms with Crippen molar-refractivity contribution in [3.8, 4) is 0 Å². The van der Waals surface area contributed by atoms with Gasteiger partial charge < -0.3 is 0 Å². The Bertz CT molecular complexity index is 1400. The van der Waals surface area contributed by atoms with Crippen LogP contribution in [0.25, 0.3) is 16.6 Å². The number of pyridine rings is 1. The second-order valence-corrected chi connectivity index (χ2v) is 8.32. The Morgan fingerprint density at radius 2 is 2.00 bits per heavy atom. The van der Waals surface area contributed by atoms with Gasteiger partial charge in [0.2, 0.25) is 0 Å². The molecule has 1 unspecified atom stereocenters. The number of tetrazole rings is 1. The van der Waals surface area contributed by atoms with Gasteiger partial charge in [0, 0.05) is 28.6 Å². The summed E-state index contributed by atoms with van der Waals surface area (Å²) in [5.41, 5.74) is 5.78. The molecule has 1 aliphatic rings. The van der Waals surface area contributed by atoms with Crippen LogP contribution in [0.5, 0.6) is 0 Å². The lowest BCUT2D eigenvalue weighted by Gasteiger charge is -2.25. The quantitative estimate of drug-likeness (QED) is 0.371. The molecule has 1 aliphatic heterocycles. The van der Waals surface area contributed by atoms with Crippen LogP contribution in [0.2, 0.25) is 0 Å². The molecule has 1 atom stereocenters. The molecule has 0 aliphatic carbocycles. The highest BCUT2D eigenvalue weighted by atomic mass is 32.2. The number of nitro groups is 1. The number of thioether (sulfide) groups is 1. The van der Waals surface area contributed by atoms with Crippen molar-refractivity contribution in [2.75, 3.05) is 5.75 Å². The zero-order valence-corrected chi connectivity index (χ0v) is 17.4. The predicted octanol–water partition coefficient (Wildman–Crippen LogP) is 2.41. The van der Waals surface area contributed by atoms with Crippen molar-refractivity contribution in [1.82, 2.24) is 30.5 Å².